The van der Waals surface area contributed by atoms with Crippen LogP contribution in [0, 0.1) is 12.7 Å². The van der Waals surface area contributed by atoms with E-state index >= 15 is 0 Å². The molecule has 0 amide bonds. The highest BCUT2D eigenvalue weighted by Gasteiger charge is 2.15. The molecule has 19 heavy (non-hydrogen) atoms. The molecule has 0 fully saturated rings. The predicted octanol–water partition coefficient (Wildman–Crippen LogP) is 3.89. The summed E-state index contributed by atoms with van der Waals surface area (Å²) in [4.78, 5) is 8.68. The Morgan fingerprint density at radius 1 is 1.32 bits per heavy atom. The average Bonchev–Trinajstić information content (AvgIpc) is 2.37. The summed E-state index contributed by atoms with van der Waals surface area (Å²) < 4.78 is 14.6. The smallest absolute Gasteiger partial charge is 0.146 e. The first-order chi connectivity index (χ1) is 9.04. The zero-order valence-electron chi connectivity index (χ0n) is 10.9. The Morgan fingerprint density at radius 2 is 2.05 bits per heavy atom. The van der Waals surface area contributed by atoms with Crippen LogP contribution in [0.1, 0.15) is 24.7 Å². The Balaban J connectivity index is 2.64. The van der Waals surface area contributed by atoms with Crippen LogP contribution in [-0.4, -0.2) is 9.97 Å². The number of nitrogens with zero attached hydrogens (tertiary/aromatic N) is 2. The molecule has 0 aliphatic carbocycles. The van der Waals surface area contributed by atoms with Crippen LogP contribution in [0.3, 0.4) is 0 Å². The van der Waals surface area contributed by atoms with Crippen molar-refractivity contribution in [2.75, 3.05) is 5.73 Å². The highest BCUT2D eigenvalue weighted by Crippen LogP contribution is 2.30. The van der Waals surface area contributed by atoms with Crippen molar-refractivity contribution in [3.8, 4) is 11.3 Å². The molecule has 0 radical (unpaired) electrons. The van der Waals surface area contributed by atoms with Gasteiger partial charge in [-0.25, -0.2) is 14.4 Å². The third kappa shape index (κ3) is 2.76. The van der Waals surface area contributed by atoms with E-state index in [1.165, 1.54) is 0 Å². The number of anilines is 1. The van der Waals surface area contributed by atoms with E-state index in [2.05, 4.69) is 25.9 Å². The Bertz CT molecular complexity index is 614. The predicted molar refractivity (Wildman–Crippen MR) is 78.3 cm³/mol. The van der Waals surface area contributed by atoms with Gasteiger partial charge in [-0.3, -0.25) is 0 Å². The summed E-state index contributed by atoms with van der Waals surface area (Å²) in [6, 6.07) is 5.13. The molecular formula is C14H15BrFN3. The van der Waals surface area contributed by atoms with Gasteiger partial charge in [-0.2, -0.15) is 0 Å². The Hall–Kier alpha value is -1.49. The normalized spacial score (nSPS) is 10.7. The van der Waals surface area contributed by atoms with Gasteiger partial charge in [0.15, 0.2) is 0 Å². The number of nitrogen functional groups attached to an aromatic ring is 1. The second-order valence-corrected chi connectivity index (χ2v) is 5.20. The minimum atomic E-state index is -0.328. The van der Waals surface area contributed by atoms with Gasteiger partial charge in [-0.05, 0) is 41.4 Å². The van der Waals surface area contributed by atoms with Gasteiger partial charge in [0.05, 0.1) is 10.2 Å². The lowest BCUT2D eigenvalue weighted by molar-refractivity contribution is 0.623. The minimum absolute atomic E-state index is 0.328. The van der Waals surface area contributed by atoms with E-state index in [1.807, 2.05) is 6.92 Å². The summed E-state index contributed by atoms with van der Waals surface area (Å²) in [7, 11) is 0. The molecular weight excluding hydrogens is 309 g/mol. The first-order valence-corrected chi connectivity index (χ1v) is 6.91. The van der Waals surface area contributed by atoms with Crippen LogP contribution < -0.4 is 5.73 Å². The Labute approximate surface area is 120 Å². The number of halogens is 2. The largest absolute Gasteiger partial charge is 0.383 e. The number of aryl methyl sites for hydroxylation is 1. The van der Waals surface area contributed by atoms with E-state index in [1.54, 1.807) is 25.1 Å². The average molecular weight is 324 g/mol. The zero-order valence-corrected chi connectivity index (χ0v) is 12.5. The summed E-state index contributed by atoms with van der Waals surface area (Å²) in [6.07, 6.45) is 1.65. The molecule has 0 spiro atoms. The number of nitrogens with two attached hydrogens (primary N) is 1. The maximum Gasteiger partial charge on any atom is 0.146 e. The molecule has 100 valence electrons. The van der Waals surface area contributed by atoms with Gasteiger partial charge in [0.1, 0.15) is 17.5 Å². The fourth-order valence-corrected chi connectivity index (χ4v) is 2.23. The summed E-state index contributed by atoms with van der Waals surface area (Å²) >= 11 is 3.19. The molecule has 5 heteroatoms. The second kappa shape index (κ2) is 5.65. The molecule has 1 aromatic heterocycles. The molecule has 1 heterocycles. The van der Waals surface area contributed by atoms with E-state index in [0.29, 0.717) is 32.9 Å². The third-order valence-electron chi connectivity index (χ3n) is 2.91. The number of hydrogen-bond donors (Lipinski definition) is 1. The molecule has 0 saturated carbocycles. The maximum absolute atomic E-state index is 14.2. The van der Waals surface area contributed by atoms with Crippen molar-refractivity contribution >= 4 is 21.7 Å². The van der Waals surface area contributed by atoms with Crippen molar-refractivity contribution in [2.24, 2.45) is 0 Å². The van der Waals surface area contributed by atoms with Crippen molar-refractivity contribution in [3.63, 3.8) is 0 Å². The lowest BCUT2D eigenvalue weighted by Gasteiger charge is -2.11. The van der Waals surface area contributed by atoms with Crippen LogP contribution in [0.15, 0.2) is 22.7 Å². The van der Waals surface area contributed by atoms with Crippen LogP contribution in [0.5, 0.6) is 0 Å². The minimum Gasteiger partial charge on any atom is -0.383 e. The number of aromatic nitrogens is 2. The molecule has 3 nitrogen and oxygen atoms in total. The van der Waals surface area contributed by atoms with E-state index in [-0.39, 0.29) is 5.82 Å². The number of hydrogen-bond acceptors (Lipinski definition) is 3. The van der Waals surface area contributed by atoms with Crippen molar-refractivity contribution in [1.82, 2.24) is 9.97 Å². The SMILES string of the molecule is CCCc1nc(N)c(C)c(-c2cccc(Br)c2F)n1. The molecule has 0 unspecified atom stereocenters. The highest BCUT2D eigenvalue weighted by molar-refractivity contribution is 9.10. The fraction of sp³-hybridized carbons (Fsp3) is 0.286. The molecule has 0 aliphatic heterocycles. The second-order valence-electron chi connectivity index (χ2n) is 4.35. The van der Waals surface area contributed by atoms with Crippen LogP contribution in [0.2, 0.25) is 0 Å². The van der Waals surface area contributed by atoms with Gasteiger partial charge in [0.25, 0.3) is 0 Å². The van der Waals surface area contributed by atoms with Crippen molar-refractivity contribution in [2.45, 2.75) is 26.7 Å². The Morgan fingerprint density at radius 3 is 2.74 bits per heavy atom. The van der Waals surface area contributed by atoms with E-state index in [4.69, 9.17) is 5.73 Å². The molecule has 0 saturated heterocycles. The van der Waals surface area contributed by atoms with Gasteiger partial charge < -0.3 is 5.73 Å². The molecule has 0 bridgehead atoms. The monoisotopic (exact) mass is 323 g/mol. The van der Waals surface area contributed by atoms with E-state index < -0.39 is 0 Å². The summed E-state index contributed by atoms with van der Waals surface area (Å²) in [5.41, 5.74) is 7.60. The fourth-order valence-electron chi connectivity index (χ4n) is 1.87. The zero-order chi connectivity index (χ0) is 14.0. The lowest BCUT2D eigenvalue weighted by Crippen LogP contribution is -2.05. The number of rotatable bonds is 3. The van der Waals surface area contributed by atoms with Gasteiger partial charge >= 0.3 is 0 Å². The first-order valence-electron chi connectivity index (χ1n) is 6.12. The van der Waals surface area contributed by atoms with Crippen LogP contribution in [0.4, 0.5) is 10.2 Å². The molecule has 0 atom stereocenters. The van der Waals surface area contributed by atoms with Crippen molar-refractivity contribution in [1.29, 1.82) is 0 Å². The lowest BCUT2D eigenvalue weighted by atomic mass is 10.1. The van der Waals surface area contributed by atoms with Crippen molar-refractivity contribution < 1.29 is 4.39 Å². The van der Waals surface area contributed by atoms with Gasteiger partial charge in [0, 0.05) is 17.5 Å². The van der Waals surface area contributed by atoms with Crippen LogP contribution in [0.25, 0.3) is 11.3 Å². The van der Waals surface area contributed by atoms with E-state index in [0.717, 1.165) is 12.8 Å². The van der Waals surface area contributed by atoms with Crippen LogP contribution in [-0.2, 0) is 6.42 Å². The summed E-state index contributed by atoms with van der Waals surface area (Å²) in [5, 5.41) is 0. The Kier molecular flexibility index (Phi) is 4.14. The maximum atomic E-state index is 14.2. The topological polar surface area (TPSA) is 51.8 Å². The standard InChI is InChI=1S/C14H15BrFN3/c1-3-5-11-18-13(8(2)14(17)19-11)9-6-4-7-10(15)12(9)16/h4,6-7H,3,5H2,1-2H3,(H2,17,18,19). The molecule has 2 rings (SSSR count). The molecule has 0 aliphatic rings. The van der Waals surface area contributed by atoms with Gasteiger partial charge in [-0.1, -0.05) is 13.0 Å². The molecule has 2 aromatic rings. The quantitative estimate of drug-likeness (QED) is 0.932. The van der Waals surface area contributed by atoms with E-state index in [9.17, 15) is 4.39 Å². The highest BCUT2D eigenvalue weighted by atomic mass is 79.9. The third-order valence-corrected chi connectivity index (χ3v) is 3.52. The summed E-state index contributed by atoms with van der Waals surface area (Å²) in [5.74, 6) is 0.735. The molecule has 1 aromatic carbocycles. The van der Waals surface area contributed by atoms with Crippen LogP contribution >= 0.6 is 15.9 Å². The summed E-state index contributed by atoms with van der Waals surface area (Å²) in [6.45, 7) is 3.85. The van der Waals surface area contributed by atoms with Crippen molar-refractivity contribution in [3.05, 3.63) is 39.9 Å². The number of benzene rings is 1. The van der Waals surface area contributed by atoms with Gasteiger partial charge in [-0.15, -0.1) is 0 Å². The molecule has 2 N–H and O–H groups in total. The first kappa shape index (κ1) is 13.9. The van der Waals surface area contributed by atoms with Gasteiger partial charge in [0.2, 0.25) is 0 Å².